The van der Waals surface area contributed by atoms with Crippen LogP contribution in [0.2, 0.25) is 0 Å². The zero-order valence-electron chi connectivity index (χ0n) is 19.0. The number of carbonyl (C=O) groups excluding carboxylic acids is 1. The Kier molecular flexibility index (Phi) is 6.52. The minimum Gasteiger partial charge on any atom is -0.502 e. The lowest BCUT2D eigenvalue weighted by molar-refractivity contribution is -0.385. The Hall–Kier alpha value is -4.25. The molecule has 0 saturated heterocycles. The standard InChI is InChI=1S/C24H21N3O7S/c1-4-34-23(30)20-13(2)25-24-26(21(20)15-6-8-16(33-3)9-7-15)22(29)19(35-24)12-14-5-10-18(28)17(11-14)27(31)32/h5-12,21,28H,4H2,1-3H3/b19-12-/t21-/m1/s1. The van der Waals surface area contributed by atoms with Crippen molar-refractivity contribution < 1.29 is 24.3 Å². The van der Waals surface area contributed by atoms with Gasteiger partial charge in [-0.1, -0.05) is 29.5 Å². The average Bonchev–Trinajstić information content (AvgIpc) is 3.13. The molecule has 2 heterocycles. The van der Waals surface area contributed by atoms with Crippen molar-refractivity contribution in [1.82, 2.24) is 4.57 Å². The number of phenols is 1. The fraction of sp³-hybridized carbons (Fsp3) is 0.208. The zero-order valence-corrected chi connectivity index (χ0v) is 19.9. The fourth-order valence-electron chi connectivity index (χ4n) is 3.82. The quantitative estimate of drug-likeness (QED) is 0.315. The molecule has 0 saturated carbocycles. The summed E-state index contributed by atoms with van der Waals surface area (Å²) in [7, 11) is 1.54. The number of nitro benzene ring substituents is 1. The molecule has 0 amide bonds. The lowest BCUT2D eigenvalue weighted by Gasteiger charge is -2.24. The summed E-state index contributed by atoms with van der Waals surface area (Å²) < 4.78 is 12.2. The van der Waals surface area contributed by atoms with Crippen LogP contribution in [0.3, 0.4) is 0 Å². The van der Waals surface area contributed by atoms with Crippen molar-refractivity contribution in [3.63, 3.8) is 0 Å². The molecule has 1 N–H and O–H groups in total. The molecule has 180 valence electrons. The first-order valence-corrected chi connectivity index (χ1v) is 11.4. The lowest BCUT2D eigenvalue weighted by atomic mass is 9.96. The van der Waals surface area contributed by atoms with Gasteiger partial charge in [-0.2, -0.15) is 0 Å². The second kappa shape index (κ2) is 9.55. The van der Waals surface area contributed by atoms with Gasteiger partial charge in [0.15, 0.2) is 10.6 Å². The number of ether oxygens (including phenoxy) is 2. The van der Waals surface area contributed by atoms with Gasteiger partial charge in [0, 0.05) is 6.07 Å². The highest BCUT2D eigenvalue weighted by molar-refractivity contribution is 7.07. The summed E-state index contributed by atoms with van der Waals surface area (Å²) in [5.41, 5.74) is 0.814. The molecule has 0 radical (unpaired) electrons. The summed E-state index contributed by atoms with van der Waals surface area (Å²) in [6, 6.07) is 10.1. The Labute approximate surface area is 202 Å². The highest BCUT2D eigenvalue weighted by Crippen LogP contribution is 2.31. The Morgan fingerprint density at radius 2 is 2.00 bits per heavy atom. The van der Waals surface area contributed by atoms with Crippen LogP contribution in [0.15, 0.2) is 63.5 Å². The van der Waals surface area contributed by atoms with Crippen molar-refractivity contribution in [2.45, 2.75) is 19.9 Å². The Morgan fingerprint density at radius 1 is 1.29 bits per heavy atom. The van der Waals surface area contributed by atoms with Crippen LogP contribution in [0.4, 0.5) is 5.69 Å². The molecule has 3 aromatic rings. The molecule has 2 aromatic carbocycles. The summed E-state index contributed by atoms with van der Waals surface area (Å²) in [5, 5.41) is 20.9. The third-order valence-electron chi connectivity index (χ3n) is 5.44. The van der Waals surface area contributed by atoms with Crippen molar-refractivity contribution >= 4 is 29.1 Å². The second-order valence-corrected chi connectivity index (χ2v) is 8.59. The van der Waals surface area contributed by atoms with E-state index in [1.54, 1.807) is 45.2 Å². The number of rotatable bonds is 6. The molecular weight excluding hydrogens is 474 g/mol. The number of aromatic nitrogens is 1. The fourth-order valence-corrected chi connectivity index (χ4v) is 4.87. The second-order valence-electron chi connectivity index (χ2n) is 7.58. The van der Waals surface area contributed by atoms with Crippen molar-refractivity contribution in [2.75, 3.05) is 13.7 Å². The van der Waals surface area contributed by atoms with E-state index in [0.717, 1.165) is 11.3 Å². The minimum absolute atomic E-state index is 0.162. The molecule has 1 aromatic heterocycles. The van der Waals surface area contributed by atoms with E-state index in [9.17, 15) is 24.8 Å². The molecule has 11 heteroatoms. The highest BCUT2D eigenvalue weighted by atomic mass is 32.1. The van der Waals surface area contributed by atoms with Crippen LogP contribution in [0, 0.1) is 10.1 Å². The van der Waals surface area contributed by atoms with Gasteiger partial charge in [0.05, 0.1) is 40.5 Å². The van der Waals surface area contributed by atoms with E-state index in [1.165, 1.54) is 28.8 Å². The summed E-state index contributed by atoms with van der Waals surface area (Å²) in [5.74, 6) is -0.422. The maximum absolute atomic E-state index is 13.5. The van der Waals surface area contributed by atoms with Gasteiger partial charge in [-0.15, -0.1) is 0 Å². The van der Waals surface area contributed by atoms with Crippen LogP contribution < -0.4 is 19.6 Å². The number of aromatic hydroxyl groups is 1. The van der Waals surface area contributed by atoms with E-state index in [0.29, 0.717) is 27.4 Å². The number of allylic oxidation sites excluding steroid dienone is 1. The smallest absolute Gasteiger partial charge is 0.338 e. The number of nitro groups is 1. The summed E-state index contributed by atoms with van der Waals surface area (Å²) >= 11 is 1.10. The Bertz CT molecular complexity index is 1530. The van der Waals surface area contributed by atoms with Gasteiger partial charge in [0.2, 0.25) is 0 Å². The molecule has 35 heavy (non-hydrogen) atoms. The number of hydrogen-bond donors (Lipinski definition) is 1. The van der Waals surface area contributed by atoms with E-state index in [1.807, 2.05) is 0 Å². The van der Waals surface area contributed by atoms with Crippen molar-refractivity contribution in [3.8, 4) is 11.5 Å². The van der Waals surface area contributed by atoms with E-state index < -0.39 is 33.9 Å². The number of carbonyl (C=O) groups is 1. The molecule has 0 bridgehead atoms. The van der Waals surface area contributed by atoms with E-state index in [-0.39, 0.29) is 16.7 Å². The maximum atomic E-state index is 13.5. The number of nitrogens with zero attached hydrogens (tertiary/aromatic N) is 3. The predicted octanol–water partition coefficient (Wildman–Crippen LogP) is 2.42. The molecule has 1 aliphatic rings. The van der Waals surface area contributed by atoms with E-state index >= 15 is 0 Å². The Morgan fingerprint density at radius 3 is 2.63 bits per heavy atom. The van der Waals surface area contributed by atoms with Gasteiger partial charge in [0.25, 0.3) is 5.56 Å². The lowest BCUT2D eigenvalue weighted by Crippen LogP contribution is -2.39. The van der Waals surface area contributed by atoms with Crippen molar-refractivity contribution in [3.05, 3.63) is 94.7 Å². The van der Waals surface area contributed by atoms with Gasteiger partial charge >= 0.3 is 11.7 Å². The molecular formula is C24H21N3O7S. The number of hydrogen-bond acceptors (Lipinski definition) is 9. The molecule has 0 spiro atoms. The largest absolute Gasteiger partial charge is 0.502 e. The zero-order chi connectivity index (χ0) is 25.3. The van der Waals surface area contributed by atoms with Crippen LogP contribution >= 0.6 is 11.3 Å². The van der Waals surface area contributed by atoms with E-state index in [2.05, 4.69) is 4.99 Å². The number of thiazole rings is 1. The van der Waals surface area contributed by atoms with E-state index in [4.69, 9.17) is 9.47 Å². The van der Waals surface area contributed by atoms with Gasteiger partial charge in [0.1, 0.15) is 5.75 Å². The number of esters is 1. The van der Waals surface area contributed by atoms with Crippen LogP contribution in [0.25, 0.3) is 6.08 Å². The number of phenolic OH excluding ortho intramolecular Hbond substituents is 1. The SMILES string of the molecule is CCOC(=O)C1=C(C)N=c2s/c(=C\c3ccc(O)c([N+](=O)[O-])c3)c(=O)n2[C@@H]1c1ccc(OC)cc1. The molecule has 0 fully saturated rings. The van der Waals surface area contributed by atoms with Crippen LogP contribution in [0.1, 0.15) is 31.0 Å². The molecule has 1 aliphatic heterocycles. The van der Waals surface area contributed by atoms with Crippen molar-refractivity contribution in [2.24, 2.45) is 4.99 Å². The Balaban J connectivity index is 1.93. The minimum atomic E-state index is -0.785. The molecule has 1 atom stereocenters. The molecule has 0 aliphatic carbocycles. The predicted molar refractivity (Wildman–Crippen MR) is 128 cm³/mol. The maximum Gasteiger partial charge on any atom is 0.338 e. The third kappa shape index (κ3) is 4.45. The van der Waals surface area contributed by atoms with Crippen LogP contribution in [0.5, 0.6) is 11.5 Å². The van der Waals surface area contributed by atoms with Gasteiger partial charge in [-0.05, 0) is 49.2 Å². The highest BCUT2D eigenvalue weighted by Gasteiger charge is 2.33. The average molecular weight is 496 g/mol. The number of methoxy groups -OCH3 is 1. The summed E-state index contributed by atoms with van der Waals surface area (Å²) in [6.45, 7) is 3.54. The first-order chi connectivity index (χ1) is 16.7. The first-order valence-electron chi connectivity index (χ1n) is 10.6. The van der Waals surface area contributed by atoms with Gasteiger partial charge in [-0.3, -0.25) is 19.5 Å². The summed E-state index contributed by atoms with van der Waals surface area (Å²) in [4.78, 5) is 41.8. The van der Waals surface area contributed by atoms with Crippen LogP contribution in [-0.2, 0) is 9.53 Å². The van der Waals surface area contributed by atoms with Gasteiger partial charge in [-0.25, -0.2) is 9.79 Å². The number of fused-ring (bicyclic) bond motifs is 1. The molecule has 4 rings (SSSR count). The molecule has 10 nitrogen and oxygen atoms in total. The topological polar surface area (TPSA) is 133 Å². The van der Waals surface area contributed by atoms with Gasteiger partial charge < -0.3 is 14.6 Å². The van der Waals surface area contributed by atoms with Crippen LogP contribution in [-0.4, -0.2) is 34.3 Å². The summed E-state index contributed by atoms with van der Waals surface area (Å²) in [6.07, 6.45) is 1.49. The number of benzene rings is 2. The normalized spacial score (nSPS) is 15.4. The van der Waals surface area contributed by atoms with Crippen molar-refractivity contribution in [1.29, 1.82) is 0 Å². The first kappa shape index (κ1) is 23.9. The molecule has 0 unspecified atom stereocenters. The monoisotopic (exact) mass is 495 g/mol. The third-order valence-corrected chi connectivity index (χ3v) is 6.43.